The number of benzene rings is 4. The van der Waals surface area contributed by atoms with Crippen molar-refractivity contribution < 1.29 is 23.8 Å². The molecule has 0 saturated heterocycles. The van der Waals surface area contributed by atoms with Gasteiger partial charge in [0, 0.05) is 11.3 Å². The van der Waals surface area contributed by atoms with Gasteiger partial charge in [-0.3, -0.25) is 0 Å². The molecule has 38 heavy (non-hydrogen) atoms. The molecule has 1 atom stereocenters. The SMILES string of the molecule is CCOC(=O)c1ccc(NC(c2ccccc2OCC(=O)OC)P(c2ccccc2)c2ccccc2)cc1. The summed E-state index contributed by atoms with van der Waals surface area (Å²) in [6, 6.07) is 35.7. The fourth-order valence-corrected chi connectivity index (χ4v) is 6.66. The van der Waals surface area contributed by atoms with Crippen LogP contribution in [0.4, 0.5) is 5.69 Å². The van der Waals surface area contributed by atoms with E-state index in [-0.39, 0.29) is 18.4 Å². The van der Waals surface area contributed by atoms with Crippen LogP contribution in [0.2, 0.25) is 0 Å². The third-order valence-corrected chi connectivity index (χ3v) is 8.45. The van der Waals surface area contributed by atoms with Gasteiger partial charge in [0.2, 0.25) is 0 Å². The summed E-state index contributed by atoms with van der Waals surface area (Å²) in [6.07, 6.45) is 0. The maximum absolute atomic E-state index is 12.2. The summed E-state index contributed by atoms with van der Waals surface area (Å²) in [7, 11) is 0.354. The fraction of sp³-hybridized carbons (Fsp3) is 0.161. The number of carbonyl (C=O) groups is 2. The number of rotatable bonds is 11. The molecule has 4 rings (SSSR count). The number of esters is 2. The van der Waals surface area contributed by atoms with Gasteiger partial charge in [-0.25, -0.2) is 9.59 Å². The molecule has 0 spiro atoms. The van der Waals surface area contributed by atoms with Crippen molar-refractivity contribution in [3.63, 3.8) is 0 Å². The molecule has 0 heterocycles. The minimum absolute atomic E-state index is 0.191. The van der Waals surface area contributed by atoms with Crippen LogP contribution < -0.4 is 20.7 Å². The van der Waals surface area contributed by atoms with Gasteiger partial charge < -0.3 is 19.5 Å². The summed E-state index contributed by atoms with van der Waals surface area (Å²) in [5, 5.41) is 6.07. The summed E-state index contributed by atoms with van der Waals surface area (Å²) in [4.78, 5) is 24.1. The summed E-state index contributed by atoms with van der Waals surface area (Å²) < 4.78 is 15.9. The van der Waals surface area contributed by atoms with Gasteiger partial charge in [-0.15, -0.1) is 0 Å². The van der Waals surface area contributed by atoms with Crippen LogP contribution in [0.15, 0.2) is 109 Å². The third kappa shape index (κ3) is 6.78. The van der Waals surface area contributed by atoms with Crippen LogP contribution in [0, 0.1) is 0 Å². The van der Waals surface area contributed by atoms with Crippen molar-refractivity contribution in [2.75, 3.05) is 25.6 Å². The van der Waals surface area contributed by atoms with E-state index in [1.807, 2.05) is 72.8 Å². The van der Waals surface area contributed by atoms with Crippen LogP contribution in [0.3, 0.4) is 0 Å². The van der Waals surface area contributed by atoms with Crippen molar-refractivity contribution in [3.05, 3.63) is 120 Å². The van der Waals surface area contributed by atoms with Crippen molar-refractivity contribution in [1.82, 2.24) is 0 Å². The number of para-hydroxylation sites is 1. The first-order chi connectivity index (χ1) is 18.6. The number of nitrogens with one attached hydrogen (secondary N) is 1. The largest absolute Gasteiger partial charge is 0.482 e. The van der Waals surface area contributed by atoms with Gasteiger partial charge in [-0.2, -0.15) is 0 Å². The molecular formula is C31H30NO5P. The van der Waals surface area contributed by atoms with E-state index in [1.54, 1.807) is 19.1 Å². The molecule has 0 aliphatic heterocycles. The van der Waals surface area contributed by atoms with Crippen LogP contribution >= 0.6 is 7.92 Å². The molecule has 4 aromatic rings. The van der Waals surface area contributed by atoms with E-state index in [4.69, 9.17) is 14.2 Å². The summed E-state index contributed by atoms with van der Waals surface area (Å²) in [6.45, 7) is 1.92. The molecule has 1 unspecified atom stereocenters. The van der Waals surface area contributed by atoms with Gasteiger partial charge in [0.25, 0.3) is 0 Å². The van der Waals surface area contributed by atoms with Gasteiger partial charge in [0.05, 0.1) is 25.1 Å². The van der Waals surface area contributed by atoms with E-state index in [1.165, 1.54) is 17.7 Å². The number of hydrogen-bond acceptors (Lipinski definition) is 6. The van der Waals surface area contributed by atoms with E-state index in [0.29, 0.717) is 17.9 Å². The van der Waals surface area contributed by atoms with Crippen LogP contribution in [-0.2, 0) is 14.3 Å². The zero-order valence-corrected chi connectivity index (χ0v) is 22.3. The Bertz CT molecular complexity index is 1290. The van der Waals surface area contributed by atoms with Crippen LogP contribution in [0.1, 0.15) is 28.6 Å². The van der Waals surface area contributed by atoms with E-state index in [2.05, 4.69) is 29.6 Å². The van der Waals surface area contributed by atoms with Crippen LogP contribution in [0.5, 0.6) is 5.75 Å². The highest BCUT2D eigenvalue weighted by atomic mass is 31.1. The lowest BCUT2D eigenvalue weighted by molar-refractivity contribution is -0.142. The summed E-state index contributed by atoms with van der Waals surface area (Å²) in [5.74, 6) is -0.435. The summed E-state index contributed by atoms with van der Waals surface area (Å²) >= 11 is 0. The molecule has 0 amide bonds. The van der Waals surface area contributed by atoms with E-state index in [9.17, 15) is 9.59 Å². The van der Waals surface area contributed by atoms with E-state index in [0.717, 1.165) is 11.3 Å². The third-order valence-electron chi connectivity index (χ3n) is 5.81. The molecule has 0 radical (unpaired) electrons. The van der Waals surface area contributed by atoms with Gasteiger partial charge in [-0.1, -0.05) is 78.9 Å². The Kier molecular flexibility index (Phi) is 9.49. The Labute approximate surface area is 224 Å². The second-order valence-corrected chi connectivity index (χ2v) is 10.6. The maximum Gasteiger partial charge on any atom is 0.343 e. The molecule has 7 heteroatoms. The predicted molar refractivity (Wildman–Crippen MR) is 152 cm³/mol. The number of anilines is 1. The average Bonchev–Trinajstić information content (AvgIpc) is 2.97. The molecule has 0 bridgehead atoms. The first-order valence-corrected chi connectivity index (χ1v) is 13.7. The Hall–Kier alpha value is -4.15. The quantitative estimate of drug-likeness (QED) is 0.201. The van der Waals surface area contributed by atoms with Crippen molar-refractivity contribution in [2.24, 2.45) is 0 Å². The van der Waals surface area contributed by atoms with Gasteiger partial charge >= 0.3 is 11.9 Å². The minimum Gasteiger partial charge on any atom is -0.482 e. The second-order valence-electron chi connectivity index (χ2n) is 8.29. The zero-order valence-electron chi connectivity index (χ0n) is 21.4. The first-order valence-electron chi connectivity index (χ1n) is 12.3. The highest BCUT2D eigenvalue weighted by Gasteiger charge is 2.29. The van der Waals surface area contributed by atoms with Crippen LogP contribution in [-0.4, -0.2) is 32.3 Å². The van der Waals surface area contributed by atoms with E-state index < -0.39 is 13.9 Å². The minimum atomic E-state index is -0.985. The lowest BCUT2D eigenvalue weighted by Crippen LogP contribution is -2.23. The lowest BCUT2D eigenvalue weighted by atomic mass is 10.1. The standard InChI is InChI=1S/C31H30NO5P/c1-3-36-31(34)23-18-20-24(21-19-23)32-30(27-16-10-11-17-28(27)37-22-29(33)35-2)38(25-12-6-4-7-13-25)26-14-8-5-9-15-26/h4-21,30,32H,3,22H2,1-2H3. The van der Waals surface area contributed by atoms with Crippen molar-refractivity contribution in [3.8, 4) is 5.75 Å². The molecule has 0 aromatic heterocycles. The highest BCUT2D eigenvalue weighted by molar-refractivity contribution is 7.73. The monoisotopic (exact) mass is 527 g/mol. The number of ether oxygens (including phenoxy) is 3. The molecule has 194 valence electrons. The smallest absolute Gasteiger partial charge is 0.343 e. The maximum atomic E-state index is 12.2. The second kappa shape index (κ2) is 13.4. The normalized spacial score (nSPS) is 11.4. The molecular weight excluding hydrogens is 497 g/mol. The molecule has 0 aliphatic rings. The van der Waals surface area contributed by atoms with Gasteiger partial charge in [0.15, 0.2) is 6.61 Å². The topological polar surface area (TPSA) is 73.9 Å². The predicted octanol–water partition coefficient (Wildman–Crippen LogP) is 5.66. The first kappa shape index (κ1) is 26.9. The van der Waals surface area contributed by atoms with E-state index >= 15 is 0 Å². The molecule has 4 aromatic carbocycles. The Morgan fingerprint density at radius 2 is 1.37 bits per heavy atom. The molecule has 1 N–H and O–H groups in total. The Morgan fingerprint density at radius 1 is 0.789 bits per heavy atom. The number of methoxy groups -OCH3 is 1. The molecule has 0 saturated carbocycles. The molecule has 0 aliphatic carbocycles. The van der Waals surface area contributed by atoms with Crippen molar-refractivity contribution in [1.29, 1.82) is 0 Å². The Morgan fingerprint density at radius 3 is 1.95 bits per heavy atom. The van der Waals surface area contributed by atoms with Crippen LogP contribution in [0.25, 0.3) is 0 Å². The summed E-state index contributed by atoms with van der Waals surface area (Å²) in [5.41, 5.74) is 2.24. The molecule has 6 nitrogen and oxygen atoms in total. The Balaban J connectivity index is 1.80. The number of hydrogen-bond donors (Lipinski definition) is 1. The van der Waals surface area contributed by atoms with Gasteiger partial charge in [-0.05, 0) is 55.8 Å². The van der Waals surface area contributed by atoms with Crippen molar-refractivity contribution >= 4 is 36.2 Å². The average molecular weight is 528 g/mol. The lowest BCUT2D eigenvalue weighted by Gasteiger charge is -2.32. The molecule has 0 fully saturated rings. The van der Waals surface area contributed by atoms with Crippen molar-refractivity contribution in [2.45, 2.75) is 12.7 Å². The highest BCUT2D eigenvalue weighted by Crippen LogP contribution is 2.51. The van der Waals surface area contributed by atoms with Gasteiger partial charge in [0.1, 0.15) is 5.75 Å². The fourth-order valence-electron chi connectivity index (χ4n) is 4.01. The zero-order chi connectivity index (χ0) is 26.7. The number of carbonyl (C=O) groups excluding carboxylic acids is 2.